The summed E-state index contributed by atoms with van der Waals surface area (Å²) in [7, 11) is 1.76. The minimum Gasteiger partial charge on any atom is -0.326 e. The van der Waals surface area contributed by atoms with Crippen LogP contribution in [0.4, 0.5) is 17.6 Å². The van der Waals surface area contributed by atoms with E-state index in [1.807, 2.05) is 0 Å². The van der Waals surface area contributed by atoms with Crippen molar-refractivity contribution in [1.82, 2.24) is 34.3 Å². The van der Waals surface area contributed by atoms with Crippen LogP contribution in [0.25, 0.3) is 39.2 Å². The zero-order valence-corrected chi connectivity index (χ0v) is 20.6. The number of pyridine rings is 2. The van der Waals surface area contributed by atoms with Gasteiger partial charge >= 0.3 is 6.18 Å². The van der Waals surface area contributed by atoms with Gasteiger partial charge in [0, 0.05) is 55.1 Å². The van der Waals surface area contributed by atoms with Crippen molar-refractivity contribution in [3.63, 3.8) is 0 Å². The molecule has 12 heteroatoms. The van der Waals surface area contributed by atoms with Crippen molar-refractivity contribution >= 4 is 16.6 Å². The van der Waals surface area contributed by atoms with E-state index in [1.54, 1.807) is 43.0 Å². The molecule has 1 saturated heterocycles. The second-order valence-electron chi connectivity index (χ2n) is 9.73. The highest BCUT2D eigenvalue weighted by atomic mass is 19.4. The molecular formula is C26H24F4N8. The number of aromatic nitrogens is 6. The summed E-state index contributed by atoms with van der Waals surface area (Å²) in [4.78, 5) is 6.04. The molecule has 8 nitrogen and oxygen atoms in total. The first-order chi connectivity index (χ1) is 18.1. The van der Waals surface area contributed by atoms with Crippen molar-refractivity contribution in [1.29, 1.82) is 0 Å². The molecule has 4 aromatic heterocycles. The lowest BCUT2D eigenvalue weighted by atomic mass is 10.0. The average molecular weight is 525 g/mol. The fraction of sp³-hybridized carbons (Fsp3) is 0.308. The molecule has 0 spiro atoms. The quantitative estimate of drug-likeness (QED) is 0.350. The number of likely N-dealkylation sites (tertiary alicyclic amines) is 1. The predicted octanol–water partition coefficient (Wildman–Crippen LogP) is 4.43. The van der Waals surface area contributed by atoms with Crippen LogP contribution < -0.4 is 5.73 Å². The molecule has 2 N–H and O–H groups in total. The monoisotopic (exact) mass is 524 g/mol. The Balaban J connectivity index is 1.45. The van der Waals surface area contributed by atoms with Crippen LogP contribution in [0.15, 0.2) is 48.8 Å². The fourth-order valence-electron chi connectivity index (χ4n) is 5.24. The van der Waals surface area contributed by atoms with Crippen LogP contribution in [-0.4, -0.2) is 59.6 Å². The number of alkyl halides is 3. The number of halogens is 4. The Kier molecular flexibility index (Phi) is 5.69. The van der Waals surface area contributed by atoms with Gasteiger partial charge in [0.05, 0.1) is 11.2 Å². The minimum atomic E-state index is -4.49. The Morgan fingerprint density at radius 1 is 1.05 bits per heavy atom. The summed E-state index contributed by atoms with van der Waals surface area (Å²) >= 11 is 0. The van der Waals surface area contributed by atoms with Crippen LogP contribution in [0.1, 0.15) is 23.7 Å². The van der Waals surface area contributed by atoms with Crippen molar-refractivity contribution in [2.75, 3.05) is 13.1 Å². The molecule has 1 fully saturated rings. The zero-order chi connectivity index (χ0) is 26.8. The Morgan fingerprint density at radius 3 is 2.55 bits per heavy atom. The summed E-state index contributed by atoms with van der Waals surface area (Å²) in [5, 5.41) is 13.2. The van der Waals surface area contributed by atoms with Gasteiger partial charge in [0.1, 0.15) is 17.6 Å². The van der Waals surface area contributed by atoms with Crippen LogP contribution in [0.5, 0.6) is 0 Å². The fourth-order valence-corrected chi connectivity index (χ4v) is 5.24. The number of hydrogen-bond acceptors (Lipinski definition) is 6. The number of nitrogens with two attached hydrogens (primary N) is 1. The van der Waals surface area contributed by atoms with Gasteiger partial charge < -0.3 is 5.73 Å². The molecule has 38 heavy (non-hydrogen) atoms. The van der Waals surface area contributed by atoms with Gasteiger partial charge in [-0.15, -0.1) is 10.2 Å². The molecule has 2 unspecified atom stereocenters. The van der Waals surface area contributed by atoms with Crippen LogP contribution in [0.3, 0.4) is 0 Å². The number of fused-ring (bicyclic) bond motifs is 2. The molecule has 6 rings (SSSR count). The average Bonchev–Trinajstić information content (AvgIpc) is 3.55. The van der Waals surface area contributed by atoms with Gasteiger partial charge in [-0.05, 0) is 43.2 Å². The van der Waals surface area contributed by atoms with Gasteiger partial charge in [-0.1, -0.05) is 12.1 Å². The highest BCUT2D eigenvalue weighted by molar-refractivity contribution is 5.86. The van der Waals surface area contributed by atoms with E-state index in [-0.39, 0.29) is 30.5 Å². The standard InChI is InChI=1S/C26H24F4N8/c1-14-19(13-36(2)35-14)18-10-22-15(9-20(18)27)3-5-21(32-22)25-34-33-23-6-4-16(11-38(23)25)24(26(28,29)30)37-8-7-17(31)12-37/h3-6,9-11,13,17,24H,7-8,12,31H2,1-2H3. The van der Waals surface area contributed by atoms with Gasteiger partial charge in [-0.25, -0.2) is 9.37 Å². The third-order valence-electron chi connectivity index (χ3n) is 6.98. The van der Waals surface area contributed by atoms with Crippen LogP contribution in [0.2, 0.25) is 0 Å². The Hall–Kier alpha value is -3.90. The first-order valence-electron chi connectivity index (χ1n) is 12.1. The maximum atomic E-state index is 15.0. The van der Waals surface area contributed by atoms with E-state index >= 15 is 0 Å². The summed E-state index contributed by atoms with van der Waals surface area (Å²) in [6.07, 6.45) is -0.832. The molecule has 1 aliphatic rings. The van der Waals surface area contributed by atoms with Gasteiger partial charge in [0.15, 0.2) is 11.5 Å². The van der Waals surface area contributed by atoms with Crippen molar-refractivity contribution in [3.8, 4) is 22.6 Å². The van der Waals surface area contributed by atoms with E-state index in [4.69, 9.17) is 5.73 Å². The third kappa shape index (κ3) is 4.19. The maximum Gasteiger partial charge on any atom is 0.408 e. The van der Waals surface area contributed by atoms with Crippen LogP contribution >= 0.6 is 0 Å². The predicted molar refractivity (Wildman–Crippen MR) is 134 cm³/mol. The number of hydrogen-bond donors (Lipinski definition) is 1. The third-order valence-corrected chi connectivity index (χ3v) is 6.98. The highest BCUT2D eigenvalue weighted by Gasteiger charge is 2.46. The second kappa shape index (κ2) is 8.84. The Bertz CT molecular complexity index is 1670. The van der Waals surface area contributed by atoms with E-state index in [0.717, 1.165) is 0 Å². The highest BCUT2D eigenvalue weighted by Crippen LogP contribution is 2.39. The van der Waals surface area contributed by atoms with Crippen LogP contribution in [0, 0.1) is 12.7 Å². The van der Waals surface area contributed by atoms with E-state index in [2.05, 4.69) is 20.3 Å². The molecule has 196 valence electrons. The van der Waals surface area contributed by atoms with E-state index in [1.165, 1.54) is 33.7 Å². The van der Waals surface area contributed by atoms with E-state index < -0.39 is 18.0 Å². The van der Waals surface area contributed by atoms with Gasteiger partial charge in [-0.3, -0.25) is 14.0 Å². The van der Waals surface area contributed by atoms with Crippen molar-refractivity contribution in [2.45, 2.75) is 31.6 Å². The number of benzene rings is 1. The molecule has 5 aromatic rings. The summed E-state index contributed by atoms with van der Waals surface area (Å²) in [5.41, 5.74) is 8.94. The Morgan fingerprint density at radius 2 is 1.87 bits per heavy atom. The van der Waals surface area contributed by atoms with Gasteiger partial charge in [0.2, 0.25) is 0 Å². The summed E-state index contributed by atoms with van der Waals surface area (Å²) in [6, 6.07) is 7.26. The van der Waals surface area contributed by atoms with E-state index in [9.17, 15) is 17.6 Å². The normalized spacial score (nSPS) is 17.6. The molecule has 1 aliphatic heterocycles. The van der Waals surface area contributed by atoms with Gasteiger partial charge in [0.25, 0.3) is 0 Å². The van der Waals surface area contributed by atoms with Crippen molar-refractivity contribution in [3.05, 3.63) is 65.9 Å². The smallest absolute Gasteiger partial charge is 0.326 e. The van der Waals surface area contributed by atoms with Gasteiger partial charge in [-0.2, -0.15) is 18.3 Å². The number of aryl methyl sites for hydroxylation is 2. The first kappa shape index (κ1) is 24.4. The minimum absolute atomic E-state index is 0.0670. The number of nitrogens with zero attached hydrogens (tertiary/aromatic N) is 7. The molecule has 0 radical (unpaired) electrons. The summed E-state index contributed by atoms with van der Waals surface area (Å²) in [5.74, 6) is -0.119. The van der Waals surface area contributed by atoms with Crippen molar-refractivity contribution in [2.24, 2.45) is 12.8 Å². The van der Waals surface area contributed by atoms with Crippen LogP contribution in [-0.2, 0) is 7.05 Å². The topological polar surface area (TPSA) is 90.2 Å². The second-order valence-corrected chi connectivity index (χ2v) is 9.73. The first-order valence-corrected chi connectivity index (χ1v) is 12.1. The molecular weight excluding hydrogens is 500 g/mol. The molecule has 0 bridgehead atoms. The molecule has 0 aliphatic carbocycles. The molecule has 1 aromatic carbocycles. The molecule has 0 saturated carbocycles. The number of rotatable bonds is 4. The van der Waals surface area contributed by atoms with E-state index in [0.29, 0.717) is 45.5 Å². The zero-order valence-electron chi connectivity index (χ0n) is 20.6. The molecule has 5 heterocycles. The molecule has 2 atom stereocenters. The Labute approximate surface area is 214 Å². The SMILES string of the molecule is Cc1nn(C)cc1-c1cc2nc(-c3nnc4ccc(C(N5CCC(N)C5)C(F)(F)F)cn34)ccc2cc1F. The lowest BCUT2D eigenvalue weighted by Crippen LogP contribution is -2.38. The lowest BCUT2D eigenvalue weighted by molar-refractivity contribution is -0.183. The van der Waals surface area contributed by atoms with Crippen molar-refractivity contribution < 1.29 is 17.6 Å². The molecule has 0 amide bonds. The lowest BCUT2D eigenvalue weighted by Gasteiger charge is -2.30. The largest absolute Gasteiger partial charge is 0.408 e. The maximum absolute atomic E-state index is 15.0. The summed E-state index contributed by atoms with van der Waals surface area (Å²) in [6.45, 7) is 2.23. The summed E-state index contributed by atoms with van der Waals surface area (Å²) < 4.78 is 60.6.